The molecule has 0 unspecified atom stereocenters. The van der Waals surface area contributed by atoms with Crippen LogP contribution in [0.25, 0.3) is 0 Å². The molecule has 188 valence electrons. The topological polar surface area (TPSA) is 86.8 Å². The fourth-order valence-electron chi connectivity index (χ4n) is 4.25. The number of rotatable bonds is 6. The van der Waals surface area contributed by atoms with Gasteiger partial charge in [-0.1, -0.05) is 42.7 Å². The van der Waals surface area contributed by atoms with E-state index in [4.69, 9.17) is 0 Å². The van der Waals surface area contributed by atoms with Crippen LogP contribution in [0.15, 0.2) is 77.7 Å². The number of para-hydroxylation sites is 1. The molecule has 1 heterocycles. The van der Waals surface area contributed by atoms with Crippen LogP contribution in [0, 0.1) is 6.92 Å². The number of nitrogens with zero attached hydrogens (tertiary/aromatic N) is 2. The highest BCUT2D eigenvalue weighted by atomic mass is 32.2. The van der Waals surface area contributed by atoms with E-state index < -0.39 is 10.0 Å². The maximum Gasteiger partial charge on any atom is 0.264 e. The van der Waals surface area contributed by atoms with Crippen molar-refractivity contribution in [2.45, 2.75) is 37.5 Å². The molecule has 0 aromatic heterocycles. The second-order valence-corrected chi connectivity index (χ2v) is 11.0. The molecule has 0 spiro atoms. The Kier molecular flexibility index (Phi) is 7.74. The van der Waals surface area contributed by atoms with E-state index in [1.807, 2.05) is 11.8 Å². The van der Waals surface area contributed by atoms with E-state index in [0.717, 1.165) is 44.3 Å². The minimum atomic E-state index is -3.73. The van der Waals surface area contributed by atoms with Crippen LogP contribution < -0.4 is 9.62 Å². The van der Waals surface area contributed by atoms with E-state index in [0.29, 0.717) is 22.5 Å². The van der Waals surface area contributed by atoms with Crippen molar-refractivity contribution in [3.05, 3.63) is 89.5 Å². The Balaban J connectivity index is 1.49. The van der Waals surface area contributed by atoms with Crippen molar-refractivity contribution in [2.75, 3.05) is 29.8 Å². The van der Waals surface area contributed by atoms with E-state index in [2.05, 4.69) is 5.32 Å². The number of nitrogens with one attached hydrogen (secondary N) is 1. The molecule has 1 fully saturated rings. The standard InChI is InChI=1S/C28H31N3O4S/c1-21-11-17-24(18-12-21)36(34,35)30(2)23-15-13-22(14-16-23)27(32)29-26-10-6-5-9-25(26)28(33)31-19-7-3-4-8-20-31/h5-6,9-18H,3-4,7-8,19-20H2,1-2H3,(H,29,32). The number of carbonyl (C=O) groups is 2. The van der Waals surface area contributed by atoms with Gasteiger partial charge in [-0.05, 0) is 68.3 Å². The largest absolute Gasteiger partial charge is 0.339 e. The molecule has 1 N–H and O–H groups in total. The van der Waals surface area contributed by atoms with Crippen LogP contribution in [0.5, 0.6) is 0 Å². The first-order chi connectivity index (χ1) is 17.3. The highest BCUT2D eigenvalue weighted by Gasteiger charge is 2.23. The van der Waals surface area contributed by atoms with E-state index in [1.165, 1.54) is 11.4 Å². The van der Waals surface area contributed by atoms with Crippen molar-refractivity contribution in [1.29, 1.82) is 0 Å². The van der Waals surface area contributed by atoms with Gasteiger partial charge in [0, 0.05) is 25.7 Å². The lowest BCUT2D eigenvalue weighted by Gasteiger charge is -2.22. The third-order valence-electron chi connectivity index (χ3n) is 6.47. The molecule has 4 rings (SSSR count). The summed E-state index contributed by atoms with van der Waals surface area (Å²) in [6, 6.07) is 20.0. The molecule has 1 aliphatic rings. The van der Waals surface area contributed by atoms with Crippen LogP contribution in [-0.2, 0) is 10.0 Å². The van der Waals surface area contributed by atoms with Crippen LogP contribution in [0.2, 0.25) is 0 Å². The molecule has 2 amide bonds. The van der Waals surface area contributed by atoms with Gasteiger partial charge in [0.25, 0.3) is 21.8 Å². The van der Waals surface area contributed by atoms with Crippen LogP contribution in [0.4, 0.5) is 11.4 Å². The Morgan fingerprint density at radius 3 is 2.08 bits per heavy atom. The van der Waals surface area contributed by atoms with E-state index >= 15 is 0 Å². The average molecular weight is 506 g/mol. The van der Waals surface area contributed by atoms with Crippen LogP contribution in [0.3, 0.4) is 0 Å². The Hall–Kier alpha value is -3.65. The Bertz CT molecular complexity index is 1330. The second-order valence-electron chi connectivity index (χ2n) is 9.04. The van der Waals surface area contributed by atoms with Crippen LogP contribution in [0.1, 0.15) is 52.0 Å². The number of amides is 2. The van der Waals surface area contributed by atoms with Gasteiger partial charge in [-0.3, -0.25) is 13.9 Å². The third-order valence-corrected chi connectivity index (χ3v) is 8.27. The molecule has 1 saturated heterocycles. The smallest absolute Gasteiger partial charge is 0.264 e. The molecule has 0 aliphatic carbocycles. The van der Waals surface area contributed by atoms with Crippen molar-refractivity contribution >= 4 is 33.2 Å². The molecule has 1 aliphatic heterocycles. The van der Waals surface area contributed by atoms with Gasteiger partial charge in [-0.2, -0.15) is 0 Å². The molecule has 8 heteroatoms. The van der Waals surface area contributed by atoms with Crippen molar-refractivity contribution in [3.63, 3.8) is 0 Å². The van der Waals surface area contributed by atoms with Gasteiger partial charge >= 0.3 is 0 Å². The summed E-state index contributed by atoms with van der Waals surface area (Å²) < 4.78 is 27.1. The van der Waals surface area contributed by atoms with Gasteiger partial charge < -0.3 is 10.2 Å². The second kappa shape index (κ2) is 11.0. The molecule has 0 radical (unpaired) electrons. The van der Waals surface area contributed by atoms with Gasteiger partial charge in [0.2, 0.25) is 0 Å². The summed E-state index contributed by atoms with van der Waals surface area (Å²) >= 11 is 0. The normalized spacial score (nSPS) is 14.1. The molecular formula is C28H31N3O4S. The van der Waals surface area contributed by atoms with E-state index in [-0.39, 0.29) is 16.7 Å². The monoisotopic (exact) mass is 505 g/mol. The van der Waals surface area contributed by atoms with Crippen molar-refractivity contribution < 1.29 is 18.0 Å². The summed E-state index contributed by atoms with van der Waals surface area (Å²) in [4.78, 5) is 28.2. The first-order valence-electron chi connectivity index (χ1n) is 12.1. The number of likely N-dealkylation sites (tertiary alicyclic amines) is 1. The van der Waals surface area contributed by atoms with Gasteiger partial charge in [0.05, 0.1) is 21.8 Å². The fraction of sp³-hybridized carbons (Fsp3) is 0.286. The number of carbonyl (C=O) groups excluding carboxylic acids is 2. The quantitative estimate of drug-likeness (QED) is 0.506. The summed E-state index contributed by atoms with van der Waals surface area (Å²) in [5.74, 6) is -0.451. The number of aryl methyl sites for hydroxylation is 1. The summed E-state index contributed by atoms with van der Waals surface area (Å²) in [6.07, 6.45) is 4.22. The Labute approximate surface area is 212 Å². The maximum atomic E-state index is 13.2. The minimum Gasteiger partial charge on any atom is -0.339 e. The molecule has 7 nitrogen and oxygen atoms in total. The lowest BCUT2D eigenvalue weighted by molar-refractivity contribution is 0.0762. The fourth-order valence-corrected chi connectivity index (χ4v) is 5.44. The van der Waals surface area contributed by atoms with Crippen LogP contribution >= 0.6 is 0 Å². The number of hydrogen-bond donors (Lipinski definition) is 1. The first kappa shape index (κ1) is 25.4. The highest BCUT2D eigenvalue weighted by Crippen LogP contribution is 2.24. The summed E-state index contributed by atoms with van der Waals surface area (Å²) in [5, 5.41) is 2.85. The van der Waals surface area contributed by atoms with Crippen molar-refractivity contribution in [1.82, 2.24) is 4.90 Å². The van der Waals surface area contributed by atoms with Crippen LogP contribution in [-0.4, -0.2) is 45.3 Å². The summed E-state index contributed by atoms with van der Waals surface area (Å²) in [6.45, 7) is 3.34. The Morgan fingerprint density at radius 1 is 0.833 bits per heavy atom. The van der Waals surface area contributed by atoms with E-state index in [1.54, 1.807) is 72.8 Å². The Morgan fingerprint density at radius 2 is 1.44 bits per heavy atom. The van der Waals surface area contributed by atoms with Gasteiger partial charge in [0.1, 0.15) is 0 Å². The number of sulfonamides is 1. The molecular weight excluding hydrogens is 474 g/mol. The number of hydrogen-bond acceptors (Lipinski definition) is 4. The first-order valence-corrected chi connectivity index (χ1v) is 13.6. The SMILES string of the molecule is Cc1ccc(S(=O)(=O)N(C)c2ccc(C(=O)Nc3ccccc3C(=O)N3CCCCCC3)cc2)cc1. The predicted molar refractivity (Wildman–Crippen MR) is 142 cm³/mol. The molecule has 0 saturated carbocycles. The molecule has 36 heavy (non-hydrogen) atoms. The lowest BCUT2D eigenvalue weighted by Crippen LogP contribution is -2.32. The number of benzene rings is 3. The zero-order chi connectivity index (χ0) is 25.7. The minimum absolute atomic E-state index is 0.0777. The lowest BCUT2D eigenvalue weighted by atomic mass is 10.1. The maximum absolute atomic E-state index is 13.2. The third kappa shape index (κ3) is 5.60. The number of anilines is 2. The molecule has 3 aromatic rings. The van der Waals surface area contributed by atoms with Gasteiger partial charge in [0.15, 0.2) is 0 Å². The zero-order valence-electron chi connectivity index (χ0n) is 20.6. The van der Waals surface area contributed by atoms with Crippen molar-refractivity contribution in [2.24, 2.45) is 0 Å². The van der Waals surface area contributed by atoms with Gasteiger partial charge in [-0.15, -0.1) is 0 Å². The van der Waals surface area contributed by atoms with E-state index in [9.17, 15) is 18.0 Å². The highest BCUT2D eigenvalue weighted by molar-refractivity contribution is 7.92. The predicted octanol–water partition coefficient (Wildman–Crippen LogP) is 5.09. The molecule has 0 bridgehead atoms. The zero-order valence-corrected chi connectivity index (χ0v) is 21.4. The van der Waals surface area contributed by atoms with Gasteiger partial charge in [-0.25, -0.2) is 8.42 Å². The summed E-state index contributed by atoms with van der Waals surface area (Å²) in [7, 11) is -2.25. The van der Waals surface area contributed by atoms with Crippen molar-refractivity contribution in [3.8, 4) is 0 Å². The summed E-state index contributed by atoms with van der Waals surface area (Å²) in [5.41, 5.74) is 2.69. The average Bonchev–Trinajstić information content (AvgIpc) is 3.18. The molecule has 0 atom stereocenters. The molecule has 3 aromatic carbocycles.